The summed E-state index contributed by atoms with van der Waals surface area (Å²) in [5.41, 5.74) is 1.22. The number of likely N-dealkylation sites (tertiary alicyclic amines) is 1. The highest BCUT2D eigenvalue weighted by atomic mass is 32.2. The second-order valence-electron chi connectivity index (χ2n) is 8.42. The van der Waals surface area contributed by atoms with Gasteiger partial charge in [0, 0.05) is 5.75 Å². The fourth-order valence-electron chi connectivity index (χ4n) is 4.45. The second kappa shape index (κ2) is 9.27. The SMILES string of the molecule is CCSN[C@H]1[C@@H](F)CN(C(=O)C2(O)CCC2)[C@H]1Cc1cccc(-c2cccc(F)c2)c1. The van der Waals surface area contributed by atoms with Gasteiger partial charge in [-0.15, -0.1) is 0 Å². The summed E-state index contributed by atoms with van der Waals surface area (Å²) in [6, 6.07) is 13.2. The van der Waals surface area contributed by atoms with Gasteiger partial charge in [0.15, 0.2) is 0 Å². The van der Waals surface area contributed by atoms with Crippen molar-refractivity contribution in [3.05, 3.63) is 59.9 Å². The third kappa shape index (κ3) is 4.64. The minimum absolute atomic E-state index is 0.0165. The van der Waals surface area contributed by atoms with Gasteiger partial charge in [-0.1, -0.05) is 55.3 Å². The number of nitrogens with one attached hydrogen (secondary N) is 1. The average Bonchev–Trinajstić information content (AvgIpc) is 3.05. The normalized spacial score (nSPS) is 24.8. The molecule has 1 heterocycles. The van der Waals surface area contributed by atoms with E-state index in [-0.39, 0.29) is 18.3 Å². The Labute approximate surface area is 186 Å². The van der Waals surface area contributed by atoms with Crippen LogP contribution < -0.4 is 4.72 Å². The maximum absolute atomic E-state index is 15.0. The molecule has 2 N–H and O–H groups in total. The highest BCUT2D eigenvalue weighted by Crippen LogP contribution is 2.37. The van der Waals surface area contributed by atoms with E-state index in [1.54, 1.807) is 6.07 Å². The van der Waals surface area contributed by atoms with Crippen molar-refractivity contribution in [1.29, 1.82) is 0 Å². The van der Waals surface area contributed by atoms with E-state index in [0.717, 1.165) is 28.9 Å². The predicted octanol–water partition coefficient (Wildman–Crippen LogP) is 4.13. The number of carbonyl (C=O) groups excluding carboxylic acids is 1. The summed E-state index contributed by atoms with van der Waals surface area (Å²) >= 11 is 1.43. The summed E-state index contributed by atoms with van der Waals surface area (Å²) in [7, 11) is 0. The third-order valence-electron chi connectivity index (χ3n) is 6.31. The number of nitrogens with zero attached hydrogens (tertiary/aromatic N) is 1. The number of benzene rings is 2. The van der Waals surface area contributed by atoms with Crippen LogP contribution in [0.2, 0.25) is 0 Å². The molecule has 31 heavy (non-hydrogen) atoms. The summed E-state index contributed by atoms with van der Waals surface area (Å²) in [5, 5.41) is 10.6. The standard InChI is InChI=1S/C24H28F2N2O2S/c1-2-31-27-22-20(26)15-28(23(29)24(30)10-5-11-24)21(22)13-16-6-3-7-17(12-16)18-8-4-9-19(25)14-18/h3-4,6-9,12,14,20-22,27,30H,2,5,10-11,13,15H2,1H3/t20-,21-,22-/m0/s1. The molecule has 0 aromatic heterocycles. The first-order chi connectivity index (χ1) is 14.9. The number of rotatable bonds is 7. The van der Waals surface area contributed by atoms with Crippen LogP contribution in [-0.4, -0.2) is 52.1 Å². The Hall–Kier alpha value is -1.96. The summed E-state index contributed by atoms with van der Waals surface area (Å²) in [6.45, 7) is 1.97. The van der Waals surface area contributed by atoms with Gasteiger partial charge in [-0.3, -0.25) is 9.52 Å². The van der Waals surface area contributed by atoms with Crippen LogP contribution in [0, 0.1) is 5.82 Å². The Bertz CT molecular complexity index is 937. The highest BCUT2D eigenvalue weighted by Gasteiger charge is 2.51. The van der Waals surface area contributed by atoms with Crippen LogP contribution in [0.3, 0.4) is 0 Å². The number of aliphatic hydroxyl groups is 1. The first-order valence-corrected chi connectivity index (χ1v) is 11.8. The minimum Gasteiger partial charge on any atom is -0.380 e. The molecule has 0 unspecified atom stereocenters. The van der Waals surface area contributed by atoms with Crippen molar-refractivity contribution < 1.29 is 18.7 Å². The lowest BCUT2D eigenvalue weighted by Gasteiger charge is -2.40. The Morgan fingerprint density at radius 1 is 1.23 bits per heavy atom. The zero-order valence-electron chi connectivity index (χ0n) is 17.6. The molecule has 2 aromatic rings. The zero-order chi connectivity index (χ0) is 22.0. The number of halogens is 2. The van der Waals surface area contributed by atoms with Crippen LogP contribution >= 0.6 is 11.9 Å². The molecule has 1 amide bonds. The Kier molecular flexibility index (Phi) is 6.65. The van der Waals surface area contributed by atoms with Gasteiger partial charge in [0.05, 0.1) is 18.6 Å². The lowest BCUT2D eigenvalue weighted by molar-refractivity contribution is -0.161. The van der Waals surface area contributed by atoms with E-state index >= 15 is 0 Å². The smallest absolute Gasteiger partial charge is 0.254 e. The van der Waals surface area contributed by atoms with Gasteiger partial charge < -0.3 is 10.0 Å². The van der Waals surface area contributed by atoms with Gasteiger partial charge in [0.25, 0.3) is 5.91 Å². The lowest BCUT2D eigenvalue weighted by Crippen LogP contribution is -2.56. The molecule has 0 spiro atoms. The Morgan fingerprint density at radius 2 is 1.94 bits per heavy atom. The van der Waals surface area contributed by atoms with Gasteiger partial charge in [0.2, 0.25) is 0 Å². The van der Waals surface area contributed by atoms with Crippen molar-refractivity contribution >= 4 is 17.9 Å². The zero-order valence-corrected chi connectivity index (χ0v) is 18.4. The van der Waals surface area contributed by atoms with Crippen molar-refractivity contribution in [3.63, 3.8) is 0 Å². The largest absolute Gasteiger partial charge is 0.380 e. The molecule has 2 aromatic carbocycles. The maximum atomic E-state index is 15.0. The molecule has 166 valence electrons. The molecule has 4 nitrogen and oxygen atoms in total. The minimum atomic E-state index is -1.35. The molecular formula is C24H28F2N2O2S. The monoisotopic (exact) mass is 446 g/mol. The number of amides is 1. The molecule has 4 rings (SSSR count). The average molecular weight is 447 g/mol. The van der Waals surface area contributed by atoms with Crippen LogP contribution in [0.1, 0.15) is 31.7 Å². The molecule has 2 fully saturated rings. The van der Waals surface area contributed by atoms with E-state index < -0.39 is 23.9 Å². The van der Waals surface area contributed by atoms with E-state index in [1.807, 2.05) is 37.3 Å². The second-order valence-corrected chi connectivity index (χ2v) is 9.52. The lowest BCUT2D eigenvalue weighted by atomic mass is 9.79. The third-order valence-corrected chi connectivity index (χ3v) is 7.04. The fraction of sp³-hybridized carbons (Fsp3) is 0.458. The molecule has 3 atom stereocenters. The molecule has 1 aliphatic heterocycles. The fourth-order valence-corrected chi connectivity index (χ4v) is 5.12. The van der Waals surface area contributed by atoms with E-state index in [0.29, 0.717) is 19.3 Å². The van der Waals surface area contributed by atoms with Crippen molar-refractivity contribution in [1.82, 2.24) is 9.62 Å². The van der Waals surface area contributed by atoms with Crippen molar-refractivity contribution in [3.8, 4) is 11.1 Å². The quantitative estimate of drug-likeness (QED) is 0.628. The van der Waals surface area contributed by atoms with E-state index in [4.69, 9.17) is 0 Å². The number of hydrogen-bond donors (Lipinski definition) is 2. The van der Waals surface area contributed by atoms with Crippen LogP contribution in [-0.2, 0) is 11.2 Å². The molecule has 0 radical (unpaired) electrons. The maximum Gasteiger partial charge on any atom is 0.254 e. The molecule has 7 heteroatoms. The van der Waals surface area contributed by atoms with Crippen LogP contribution in [0.4, 0.5) is 8.78 Å². The van der Waals surface area contributed by atoms with E-state index in [2.05, 4.69) is 4.72 Å². The van der Waals surface area contributed by atoms with Gasteiger partial charge in [-0.2, -0.15) is 0 Å². The molecule has 1 saturated carbocycles. The Morgan fingerprint density at radius 3 is 2.58 bits per heavy atom. The first-order valence-electron chi connectivity index (χ1n) is 10.8. The van der Waals surface area contributed by atoms with Crippen LogP contribution in [0.25, 0.3) is 11.1 Å². The Balaban J connectivity index is 1.60. The predicted molar refractivity (Wildman–Crippen MR) is 120 cm³/mol. The van der Waals surface area contributed by atoms with E-state index in [9.17, 15) is 18.7 Å². The van der Waals surface area contributed by atoms with Gasteiger partial charge >= 0.3 is 0 Å². The summed E-state index contributed by atoms with van der Waals surface area (Å²) in [5.74, 6) is 0.118. The number of carbonyl (C=O) groups is 1. The molecule has 2 aliphatic rings. The molecule has 1 aliphatic carbocycles. The van der Waals surface area contributed by atoms with E-state index in [1.165, 1.54) is 29.0 Å². The molecule has 0 bridgehead atoms. The van der Waals surface area contributed by atoms with Crippen LogP contribution in [0.15, 0.2) is 48.5 Å². The summed E-state index contributed by atoms with van der Waals surface area (Å²) < 4.78 is 31.8. The van der Waals surface area contributed by atoms with Crippen LogP contribution in [0.5, 0.6) is 0 Å². The number of alkyl halides is 1. The summed E-state index contributed by atoms with van der Waals surface area (Å²) in [6.07, 6.45) is 0.921. The molecular weight excluding hydrogens is 418 g/mol. The van der Waals surface area contributed by atoms with Crippen molar-refractivity contribution in [2.75, 3.05) is 12.3 Å². The molecule has 1 saturated heterocycles. The highest BCUT2D eigenvalue weighted by molar-refractivity contribution is 7.97. The number of hydrogen-bond acceptors (Lipinski definition) is 4. The van der Waals surface area contributed by atoms with Gasteiger partial charge in [-0.25, -0.2) is 8.78 Å². The summed E-state index contributed by atoms with van der Waals surface area (Å²) in [4.78, 5) is 14.6. The van der Waals surface area contributed by atoms with Gasteiger partial charge in [-0.05, 0) is 54.5 Å². The van der Waals surface area contributed by atoms with Crippen molar-refractivity contribution in [2.24, 2.45) is 0 Å². The first kappa shape index (κ1) is 22.2. The van der Waals surface area contributed by atoms with Gasteiger partial charge in [0.1, 0.15) is 17.6 Å². The topological polar surface area (TPSA) is 52.6 Å². The van der Waals surface area contributed by atoms with Crippen molar-refractivity contribution in [2.45, 2.75) is 56.5 Å².